The second-order valence-electron chi connectivity index (χ2n) is 7.29. The number of amides is 1. The van der Waals surface area contributed by atoms with Gasteiger partial charge in [0.25, 0.3) is 5.91 Å². The standard InChI is InChI=1S/C21H21N3O2S/c1-12-6-7-16-14(10-12)19(13-4-2-3-5-15(13)22-16)20(25)24-21-23-17-8-9-26-11-18(17)27-21/h6-7,10H,2-5,8-9,11H2,1H3,(H,23,24,25). The number of aryl methyl sites for hydroxylation is 2. The summed E-state index contributed by atoms with van der Waals surface area (Å²) in [6.07, 6.45) is 4.92. The Bertz CT molecular complexity index is 1030. The van der Waals surface area contributed by atoms with Gasteiger partial charge in [-0.15, -0.1) is 0 Å². The van der Waals surface area contributed by atoms with Crippen molar-refractivity contribution in [3.8, 4) is 0 Å². The third kappa shape index (κ3) is 3.03. The average molecular weight is 379 g/mol. The number of nitrogens with zero attached hydrogens (tertiary/aromatic N) is 2. The van der Waals surface area contributed by atoms with Crippen molar-refractivity contribution in [1.82, 2.24) is 9.97 Å². The average Bonchev–Trinajstić information content (AvgIpc) is 3.08. The second kappa shape index (κ2) is 6.69. The van der Waals surface area contributed by atoms with E-state index in [4.69, 9.17) is 9.72 Å². The maximum atomic E-state index is 13.3. The minimum absolute atomic E-state index is 0.0711. The molecule has 0 saturated carbocycles. The Balaban J connectivity index is 1.59. The zero-order chi connectivity index (χ0) is 18.4. The molecule has 27 heavy (non-hydrogen) atoms. The van der Waals surface area contributed by atoms with Crippen molar-refractivity contribution in [3.63, 3.8) is 0 Å². The highest BCUT2D eigenvalue weighted by Crippen LogP contribution is 2.32. The number of benzene rings is 1. The van der Waals surface area contributed by atoms with Gasteiger partial charge in [0.2, 0.25) is 0 Å². The van der Waals surface area contributed by atoms with Crippen molar-refractivity contribution in [3.05, 3.63) is 51.2 Å². The van der Waals surface area contributed by atoms with Gasteiger partial charge in [-0.3, -0.25) is 15.1 Å². The van der Waals surface area contributed by atoms with Gasteiger partial charge in [-0.05, 0) is 50.3 Å². The lowest BCUT2D eigenvalue weighted by molar-refractivity contribution is 0.102. The minimum Gasteiger partial charge on any atom is -0.375 e. The van der Waals surface area contributed by atoms with E-state index in [-0.39, 0.29) is 5.91 Å². The third-order valence-corrected chi connectivity index (χ3v) is 6.35. The lowest BCUT2D eigenvalue weighted by atomic mass is 9.89. The summed E-state index contributed by atoms with van der Waals surface area (Å²) < 4.78 is 5.49. The van der Waals surface area contributed by atoms with Gasteiger partial charge in [-0.2, -0.15) is 0 Å². The lowest BCUT2D eigenvalue weighted by Crippen LogP contribution is -2.19. The van der Waals surface area contributed by atoms with Gasteiger partial charge in [0, 0.05) is 17.5 Å². The predicted octanol–water partition coefficient (Wildman–Crippen LogP) is 4.20. The number of rotatable bonds is 2. The Morgan fingerprint density at radius 2 is 2.04 bits per heavy atom. The number of nitrogens with one attached hydrogen (secondary N) is 1. The van der Waals surface area contributed by atoms with E-state index in [1.807, 2.05) is 6.07 Å². The summed E-state index contributed by atoms with van der Waals surface area (Å²) in [7, 11) is 0. The molecule has 5 nitrogen and oxygen atoms in total. The molecule has 2 aromatic heterocycles. The molecule has 0 radical (unpaired) electrons. The highest BCUT2D eigenvalue weighted by Gasteiger charge is 2.24. The highest BCUT2D eigenvalue weighted by atomic mass is 32.1. The molecule has 138 valence electrons. The molecule has 1 amide bonds. The molecule has 1 aromatic carbocycles. The van der Waals surface area contributed by atoms with Crippen molar-refractivity contribution < 1.29 is 9.53 Å². The molecule has 5 rings (SSSR count). The van der Waals surface area contributed by atoms with Gasteiger partial charge < -0.3 is 4.74 Å². The van der Waals surface area contributed by atoms with E-state index < -0.39 is 0 Å². The van der Waals surface area contributed by atoms with Crippen molar-refractivity contribution in [1.29, 1.82) is 0 Å². The van der Waals surface area contributed by atoms with Crippen molar-refractivity contribution in [2.45, 2.75) is 45.6 Å². The number of ether oxygens (including phenoxy) is 1. The lowest BCUT2D eigenvalue weighted by Gasteiger charge is -2.20. The van der Waals surface area contributed by atoms with Crippen LogP contribution in [0.1, 0.15) is 50.6 Å². The molecule has 2 aliphatic rings. The first-order valence-corrected chi connectivity index (χ1v) is 10.3. The molecule has 1 aliphatic carbocycles. The highest BCUT2D eigenvalue weighted by molar-refractivity contribution is 7.15. The summed E-state index contributed by atoms with van der Waals surface area (Å²) in [5, 5.41) is 4.67. The predicted molar refractivity (Wildman–Crippen MR) is 107 cm³/mol. The topological polar surface area (TPSA) is 64.1 Å². The maximum absolute atomic E-state index is 13.3. The van der Waals surface area contributed by atoms with Crippen LogP contribution >= 0.6 is 11.3 Å². The third-order valence-electron chi connectivity index (χ3n) is 5.36. The Morgan fingerprint density at radius 1 is 1.15 bits per heavy atom. The van der Waals surface area contributed by atoms with Crippen LogP contribution in [0.5, 0.6) is 0 Å². The van der Waals surface area contributed by atoms with Crippen molar-refractivity contribution in [2.24, 2.45) is 0 Å². The molecule has 0 spiro atoms. The quantitative estimate of drug-likeness (QED) is 0.725. The minimum atomic E-state index is -0.0711. The fourth-order valence-corrected chi connectivity index (χ4v) is 4.98. The molecule has 6 heteroatoms. The smallest absolute Gasteiger partial charge is 0.258 e. The van der Waals surface area contributed by atoms with E-state index in [0.717, 1.165) is 76.0 Å². The molecule has 0 saturated heterocycles. The van der Waals surface area contributed by atoms with Crippen molar-refractivity contribution in [2.75, 3.05) is 11.9 Å². The number of fused-ring (bicyclic) bond motifs is 3. The number of aromatic nitrogens is 2. The number of thiazole rings is 1. The Labute approximate surface area is 161 Å². The molecule has 3 aromatic rings. The summed E-state index contributed by atoms with van der Waals surface area (Å²) in [4.78, 5) is 23.9. The van der Waals surface area contributed by atoms with Crippen molar-refractivity contribution >= 4 is 33.3 Å². The molecule has 1 aliphatic heterocycles. The maximum Gasteiger partial charge on any atom is 0.258 e. The number of hydrogen-bond donors (Lipinski definition) is 1. The fraction of sp³-hybridized carbons (Fsp3) is 0.381. The van der Waals surface area contributed by atoms with Gasteiger partial charge in [0.15, 0.2) is 5.13 Å². The van der Waals surface area contributed by atoms with Crippen LogP contribution in [0.4, 0.5) is 5.13 Å². The first kappa shape index (κ1) is 16.8. The van der Waals surface area contributed by atoms with E-state index in [9.17, 15) is 4.79 Å². The van der Waals surface area contributed by atoms with Gasteiger partial charge >= 0.3 is 0 Å². The number of carbonyl (C=O) groups excluding carboxylic acids is 1. The van der Waals surface area contributed by atoms with E-state index in [0.29, 0.717) is 18.3 Å². The van der Waals surface area contributed by atoms with Gasteiger partial charge in [0.05, 0.1) is 34.9 Å². The second-order valence-corrected chi connectivity index (χ2v) is 8.37. The summed E-state index contributed by atoms with van der Waals surface area (Å²) in [6.45, 7) is 3.34. The monoisotopic (exact) mass is 379 g/mol. The van der Waals surface area contributed by atoms with E-state index in [2.05, 4.69) is 29.4 Å². The number of pyridine rings is 1. The Kier molecular flexibility index (Phi) is 4.17. The summed E-state index contributed by atoms with van der Waals surface area (Å²) in [5.74, 6) is -0.0711. The van der Waals surface area contributed by atoms with Crippen LogP contribution in [0.2, 0.25) is 0 Å². The molecular weight excluding hydrogens is 358 g/mol. The van der Waals surface area contributed by atoms with Crippen LogP contribution in [-0.2, 0) is 30.6 Å². The zero-order valence-corrected chi connectivity index (χ0v) is 16.1. The summed E-state index contributed by atoms with van der Waals surface area (Å²) >= 11 is 1.52. The van der Waals surface area contributed by atoms with E-state index >= 15 is 0 Å². The molecular formula is C21H21N3O2S. The first-order valence-electron chi connectivity index (χ1n) is 9.49. The fourth-order valence-electron chi connectivity index (χ4n) is 4.04. The molecule has 0 atom stereocenters. The molecule has 1 N–H and O–H groups in total. The molecule has 0 unspecified atom stereocenters. The first-order chi connectivity index (χ1) is 13.2. The van der Waals surface area contributed by atoms with Gasteiger partial charge in [0.1, 0.15) is 0 Å². The van der Waals surface area contributed by atoms with Crippen LogP contribution in [0.15, 0.2) is 18.2 Å². The van der Waals surface area contributed by atoms with Gasteiger partial charge in [-0.1, -0.05) is 23.0 Å². The Morgan fingerprint density at radius 3 is 2.93 bits per heavy atom. The van der Waals surface area contributed by atoms with E-state index in [1.54, 1.807) is 0 Å². The zero-order valence-electron chi connectivity index (χ0n) is 15.3. The summed E-state index contributed by atoms with van der Waals surface area (Å²) in [6, 6.07) is 6.16. The summed E-state index contributed by atoms with van der Waals surface area (Å²) in [5.41, 5.74) is 6.06. The van der Waals surface area contributed by atoms with Crippen LogP contribution in [0.25, 0.3) is 10.9 Å². The number of hydrogen-bond acceptors (Lipinski definition) is 5. The molecule has 0 fully saturated rings. The van der Waals surface area contributed by atoms with Gasteiger partial charge in [-0.25, -0.2) is 4.98 Å². The van der Waals surface area contributed by atoms with E-state index in [1.165, 1.54) is 11.3 Å². The molecule has 0 bridgehead atoms. The largest absolute Gasteiger partial charge is 0.375 e. The van der Waals surface area contributed by atoms with Crippen LogP contribution in [0.3, 0.4) is 0 Å². The Hall–Kier alpha value is -2.31. The van der Waals surface area contributed by atoms with Crippen LogP contribution < -0.4 is 5.32 Å². The van der Waals surface area contributed by atoms with Crippen LogP contribution in [0, 0.1) is 6.92 Å². The normalized spacial score (nSPS) is 16.0. The molecule has 3 heterocycles. The number of carbonyl (C=O) groups is 1. The SMILES string of the molecule is Cc1ccc2nc3c(c(C(=O)Nc4nc5c(s4)COCC5)c2c1)CCCC3. The van der Waals surface area contributed by atoms with Crippen LogP contribution in [-0.4, -0.2) is 22.5 Å². The number of anilines is 1.